The second-order valence-corrected chi connectivity index (χ2v) is 11.3. The third-order valence-electron chi connectivity index (χ3n) is 7.78. The quantitative estimate of drug-likeness (QED) is 0.406. The molecule has 8 nitrogen and oxygen atoms in total. The predicted molar refractivity (Wildman–Crippen MR) is 133 cm³/mol. The van der Waals surface area contributed by atoms with Crippen molar-refractivity contribution in [3.63, 3.8) is 0 Å². The lowest BCUT2D eigenvalue weighted by Gasteiger charge is -2.22. The topological polar surface area (TPSA) is 107 Å². The largest absolute Gasteiger partial charge is 0.408 e. The Morgan fingerprint density at radius 3 is 2.36 bits per heavy atom. The Balaban J connectivity index is 1.53. The van der Waals surface area contributed by atoms with Gasteiger partial charge in [0.2, 0.25) is 0 Å². The Kier molecular flexibility index (Phi) is 7.53. The highest BCUT2D eigenvalue weighted by Gasteiger charge is 2.44. The average Bonchev–Trinajstić information content (AvgIpc) is 3.67. The summed E-state index contributed by atoms with van der Waals surface area (Å²) >= 11 is 0.745. The molecule has 2 aliphatic heterocycles. The molecule has 4 heterocycles. The van der Waals surface area contributed by atoms with Crippen molar-refractivity contribution < 1.29 is 36.6 Å². The molecule has 0 radical (unpaired) electrons. The highest BCUT2D eigenvalue weighted by molar-refractivity contribution is 7.17. The fourth-order valence-electron chi connectivity index (χ4n) is 5.67. The number of fused-ring (bicyclic) bond motifs is 2. The van der Waals surface area contributed by atoms with E-state index in [1.54, 1.807) is 4.90 Å². The summed E-state index contributed by atoms with van der Waals surface area (Å²) in [5.41, 5.74) is -0.978. The number of nitrogens with one attached hydrogen (secondary N) is 2. The average molecular weight is 574 g/mol. The van der Waals surface area contributed by atoms with Crippen LogP contribution in [0.3, 0.4) is 0 Å². The molecule has 3 fully saturated rings. The van der Waals surface area contributed by atoms with Gasteiger partial charge in [-0.3, -0.25) is 9.59 Å². The number of amides is 2. The molecule has 3 atom stereocenters. The summed E-state index contributed by atoms with van der Waals surface area (Å²) in [7, 11) is 0. The van der Waals surface area contributed by atoms with Crippen molar-refractivity contribution in [2.75, 3.05) is 5.32 Å². The molecule has 3 aliphatic rings. The van der Waals surface area contributed by atoms with E-state index in [0.717, 1.165) is 62.6 Å². The molecule has 0 aromatic carbocycles. The van der Waals surface area contributed by atoms with E-state index in [-0.39, 0.29) is 33.2 Å². The molecule has 0 unspecified atom stereocenters. The number of aliphatic hydroxyl groups is 1. The van der Waals surface area contributed by atoms with Crippen molar-refractivity contribution in [2.45, 2.75) is 94.7 Å². The van der Waals surface area contributed by atoms with Gasteiger partial charge in [-0.1, -0.05) is 0 Å². The highest BCUT2D eigenvalue weighted by Crippen LogP contribution is 2.42. The molecular weight excluding hydrogens is 545 g/mol. The van der Waals surface area contributed by atoms with E-state index in [1.807, 2.05) is 0 Å². The van der Waals surface area contributed by atoms with E-state index in [0.29, 0.717) is 12.8 Å². The van der Waals surface area contributed by atoms with Gasteiger partial charge in [0.15, 0.2) is 5.01 Å². The molecule has 3 N–H and O–H groups in total. The lowest BCUT2D eigenvalue weighted by Crippen LogP contribution is -2.40. The Labute approximate surface area is 225 Å². The van der Waals surface area contributed by atoms with Crippen LogP contribution in [0.25, 0.3) is 10.4 Å². The zero-order chi connectivity index (χ0) is 28.1. The Morgan fingerprint density at radius 2 is 1.79 bits per heavy atom. The zero-order valence-electron chi connectivity index (χ0n) is 21.0. The summed E-state index contributed by atoms with van der Waals surface area (Å²) < 4.78 is 67.4. The van der Waals surface area contributed by atoms with Gasteiger partial charge in [-0.15, -0.1) is 11.3 Å². The number of anilines is 1. The van der Waals surface area contributed by atoms with Crippen LogP contribution in [0.4, 0.5) is 27.8 Å². The van der Waals surface area contributed by atoms with Crippen LogP contribution in [0.15, 0.2) is 12.3 Å². The number of hydrogen-bond donors (Lipinski definition) is 3. The number of hydrogen-bond acceptors (Lipinski definition) is 7. The maximum absolute atomic E-state index is 14.2. The molecule has 2 aromatic heterocycles. The number of alkyl halides is 5. The monoisotopic (exact) mass is 573 g/mol. The van der Waals surface area contributed by atoms with Gasteiger partial charge < -0.3 is 20.6 Å². The predicted octanol–water partition coefficient (Wildman–Crippen LogP) is 4.92. The molecule has 2 bridgehead atoms. The lowest BCUT2D eigenvalue weighted by atomic mass is 10.0. The van der Waals surface area contributed by atoms with Crippen LogP contribution in [0, 0.1) is 0 Å². The molecule has 1 saturated carbocycles. The fraction of sp³-hybridized carbons (Fsp3) is 0.600. The van der Waals surface area contributed by atoms with Crippen molar-refractivity contribution in [3.8, 4) is 10.4 Å². The second kappa shape index (κ2) is 10.6. The molecule has 212 valence electrons. The third-order valence-corrected chi connectivity index (χ3v) is 8.87. The van der Waals surface area contributed by atoms with Gasteiger partial charge in [0, 0.05) is 29.4 Å². The number of aliphatic hydroxyl groups excluding tert-OH is 1. The SMILES string of the molecule is C[C@H](Nc1cc(C(F)F)c(-c2sc(C(=O)N[C@@H]3CCC[C@H]3O)nc2C(=O)N2[C@H]3CC[C@H]2CC3)cn1)C(F)(F)F. The minimum atomic E-state index is -4.62. The minimum absolute atomic E-state index is 0.00152. The summed E-state index contributed by atoms with van der Waals surface area (Å²) in [6, 6.07) is -1.69. The smallest absolute Gasteiger partial charge is 0.391 e. The van der Waals surface area contributed by atoms with E-state index in [2.05, 4.69) is 20.6 Å². The molecule has 39 heavy (non-hydrogen) atoms. The molecule has 1 aliphatic carbocycles. The van der Waals surface area contributed by atoms with Gasteiger partial charge in [0.05, 0.1) is 17.0 Å². The van der Waals surface area contributed by atoms with Crippen LogP contribution in [0.1, 0.15) is 84.1 Å². The van der Waals surface area contributed by atoms with Crippen LogP contribution in [0.5, 0.6) is 0 Å². The molecule has 14 heteroatoms. The number of carbonyl (C=O) groups excluding carboxylic acids is 2. The van der Waals surface area contributed by atoms with Gasteiger partial charge in [-0.05, 0) is 57.9 Å². The first-order valence-corrected chi connectivity index (χ1v) is 13.7. The van der Waals surface area contributed by atoms with E-state index < -0.39 is 54.0 Å². The molecule has 2 saturated heterocycles. The van der Waals surface area contributed by atoms with Gasteiger partial charge in [0.25, 0.3) is 18.2 Å². The normalized spacial score (nSPS) is 25.4. The van der Waals surface area contributed by atoms with Crippen molar-refractivity contribution in [1.82, 2.24) is 20.2 Å². The van der Waals surface area contributed by atoms with Gasteiger partial charge in [-0.2, -0.15) is 13.2 Å². The minimum Gasteiger partial charge on any atom is -0.391 e. The number of thiazole rings is 1. The van der Waals surface area contributed by atoms with Crippen LogP contribution in [-0.4, -0.2) is 68.2 Å². The van der Waals surface area contributed by atoms with Crippen molar-refractivity contribution in [3.05, 3.63) is 28.5 Å². The number of nitrogens with zero attached hydrogens (tertiary/aromatic N) is 3. The third kappa shape index (κ3) is 5.45. The van der Waals surface area contributed by atoms with E-state index in [4.69, 9.17) is 0 Å². The maximum Gasteiger partial charge on any atom is 0.408 e. The Bertz CT molecular complexity index is 1240. The van der Waals surface area contributed by atoms with Crippen molar-refractivity contribution in [2.24, 2.45) is 0 Å². The number of carbonyl (C=O) groups is 2. The van der Waals surface area contributed by atoms with E-state index >= 15 is 0 Å². The summed E-state index contributed by atoms with van der Waals surface area (Å²) in [5.74, 6) is -1.51. The number of pyridine rings is 1. The van der Waals surface area contributed by atoms with E-state index in [9.17, 15) is 36.6 Å². The number of rotatable bonds is 7. The van der Waals surface area contributed by atoms with Gasteiger partial charge >= 0.3 is 6.18 Å². The van der Waals surface area contributed by atoms with Crippen molar-refractivity contribution >= 4 is 29.0 Å². The number of aromatic nitrogens is 2. The van der Waals surface area contributed by atoms with Gasteiger partial charge in [0.1, 0.15) is 17.6 Å². The first kappa shape index (κ1) is 27.7. The second-order valence-electron chi connectivity index (χ2n) is 10.3. The highest BCUT2D eigenvalue weighted by atomic mass is 32.1. The van der Waals surface area contributed by atoms with Crippen molar-refractivity contribution in [1.29, 1.82) is 0 Å². The van der Waals surface area contributed by atoms with Crippen LogP contribution >= 0.6 is 11.3 Å². The van der Waals surface area contributed by atoms with Crippen LogP contribution in [0.2, 0.25) is 0 Å². The summed E-state index contributed by atoms with van der Waals surface area (Å²) in [6.45, 7) is 0.841. The Morgan fingerprint density at radius 1 is 1.13 bits per heavy atom. The summed E-state index contributed by atoms with van der Waals surface area (Å²) in [6.07, 6.45) is -2.33. The summed E-state index contributed by atoms with van der Waals surface area (Å²) in [5, 5.41) is 14.8. The first-order chi connectivity index (χ1) is 18.4. The van der Waals surface area contributed by atoms with E-state index in [1.165, 1.54) is 0 Å². The van der Waals surface area contributed by atoms with Crippen LogP contribution < -0.4 is 10.6 Å². The molecule has 5 rings (SSSR count). The zero-order valence-corrected chi connectivity index (χ0v) is 21.8. The van der Waals surface area contributed by atoms with Crippen LogP contribution in [-0.2, 0) is 0 Å². The molecule has 0 spiro atoms. The Hall–Kier alpha value is -2.87. The molecule has 2 amide bonds. The maximum atomic E-state index is 14.2. The van der Waals surface area contributed by atoms with Gasteiger partial charge in [-0.25, -0.2) is 18.7 Å². The summed E-state index contributed by atoms with van der Waals surface area (Å²) in [4.78, 5) is 36.6. The molecular formula is C25H28F5N5O3S. The fourth-order valence-corrected chi connectivity index (χ4v) is 6.67. The number of halogens is 5. The first-order valence-electron chi connectivity index (χ1n) is 12.9. The standard InChI is InChI=1S/C25H28F5N5O3S/c1-11(25(28,29)30)32-18-9-14(21(26)27)15(10-31-18)20-19(24(38)35-12-5-6-13(35)8-7-12)34-23(39-20)22(37)33-16-3-2-4-17(16)36/h9-13,16-17,21,36H,2-8H2,1H3,(H,31,32)(H,33,37)/t11-,12-,13-,16+,17+/m0/s1. The lowest BCUT2D eigenvalue weighted by molar-refractivity contribution is -0.138. The molecule has 2 aromatic rings.